The average Bonchev–Trinajstić information content (AvgIpc) is 2.31. The van der Waals surface area contributed by atoms with E-state index in [1.807, 2.05) is 0 Å². The predicted octanol–water partition coefficient (Wildman–Crippen LogP) is 1.65. The molecule has 1 aromatic heterocycles. The largest absolute Gasteiger partial charge is 0.447 e. The van der Waals surface area contributed by atoms with Gasteiger partial charge in [-0.1, -0.05) is 13.8 Å². The topological polar surface area (TPSA) is 52.0 Å². The fourth-order valence-electron chi connectivity index (χ4n) is 1.93. The summed E-state index contributed by atoms with van der Waals surface area (Å²) >= 11 is 0. The van der Waals surface area contributed by atoms with Gasteiger partial charge in [0.25, 0.3) is 0 Å². The summed E-state index contributed by atoms with van der Waals surface area (Å²) in [5.41, 5.74) is 7.24. The van der Waals surface area contributed by atoms with E-state index < -0.39 is 0 Å². The van der Waals surface area contributed by atoms with Gasteiger partial charge in [-0.3, -0.25) is 0 Å². The van der Waals surface area contributed by atoms with E-state index >= 15 is 0 Å². The molecule has 2 N–H and O–H groups in total. The van der Waals surface area contributed by atoms with Crippen molar-refractivity contribution in [2.45, 2.75) is 32.7 Å². The van der Waals surface area contributed by atoms with Gasteiger partial charge in [-0.05, 0) is 18.3 Å². The molecule has 12 heavy (non-hydrogen) atoms. The molecule has 1 aliphatic rings. The van der Waals surface area contributed by atoms with Crippen LogP contribution in [0.3, 0.4) is 0 Å². The molecule has 0 spiro atoms. The molecule has 0 radical (unpaired) electrons. The molecule has 0 saturated heterocycles. The molecule has 1 atom stereocenters. The highest BCUT2D eigenvalue weighted by Crippen LogP contribution is 2.38. The lowest BCUT2D eigenvalue weighted by molar-refractivity contribution is 0.257. The highest BCUT2D eigenvalue weighted by molar-refractivity contribution is 5.17. The maximum atomic E-state index is 5.93. The van der Waals surface area contributed by atoms with Crippen molar-refractivity contribution in [3.63, 3.8) is 0 Å². The zero-order chi connectivity index (χ0) is 8.77. The van der Waals surface area contributed by atoms with E-state index in [2.05, 4.69) is 18.8 Å². The Balaban J connectivity index is 2.38. The Kier molecular flexibility index (Phi) is 1.51. The lowest BCUT2D eigenvalue weighted by Gasteiger charge is -2.31. The minimum absolute atomic E-state index is 0.0336. The van der Waals surface area contributed by atoms with Gasteiger partial charge in [0.15, 0.2) is 6.39 Å². The highest BCUT2D eigenvalue weighted by Gasteiger charge is 2.33. The minimum Gasteiger partial charge on any atom is -0.447 e. The smallest absolute Gasteiger partial charge is 0.181 e. The van der Waals surface area contributed by atoms with Crippen LogP contribution in [0.25, 0.3) is 0 Å². The summed E-state index contributed by atoms with van der Waals surface area (Å²) in [6, 6.07) is 0.0336. The van der Waals surface area contributed by atoms with Gasteiger partial charge in [-0.2, -0.15) is 0 Å². The third kappa shape index (κ3) is 1.14. The Hall–Kier alpha value is -0.830. The highest BCUT2D eigenvalue weighted by atomic mass is 16.3. The van der Waals surface area contributed by atoms with Gasteiger partial charge >= 0.3 is 0 Å². The molecule has 1 aliphatic carbocycles. The van der Waals surface area contributed by atoms with Gasteiger partial charge in [0.1, 0.15) is 5.76 Å². The second-order valence-corrected chi connectivity index (χ2v) is 4.31. The zero-order valence-corrected chi connectivity index (χ0v) is 7.50. The van der Waals surface area contributed by atoms with Gasteiger partial charge in [0.05, 0.1) is 11.7 Å². The number of hydrogen-bond donors (Lipinski definition) is 1. The van der Waals surface area contributed by atoms with Crippen LogP contribution in [0.2, 0.25) is 0 Å². The second-order valence-electron chi connectivity index (χ2n) is 4.31. The molecule has 1 aromatic rings. The molecule has 3 nitrogen and oxygen atoms in total. The van der Waals surface area contributed by atoms with Crippen molar-refractivity contribution in [1.29, 1.82) is 0 Å². The van der Waals surface area contributed by atoms with Crippen LogP contribution in [0, 0.1) is 5.41 Å². The first-order valence-electron chi connectivity index (χ1n) is 4.26. The molecule has 0 aliphatic heterocycles. The van der Waals surface area contributed by atoms with Crippen LogP contribution in [0.4, 0.5) is 0 Å². The molecule has 0 saturated carbocycles. The Labute approximate surface area is 72.0 Å². The van der Waals surface area contributed by atoms with E-state index in [0.29, 0.717) is 0 Å². The van der Waals surface area contributed by atoms with Crippen LogP contribution in [0.5, 0.6) is 0 Å². The van der Waals surface area contributed by atoms with E-state index in [1.165, 1.54) is 6.39 Å². The average molecular weight is 166 g/mol. The summed E-state index contributed by atoms with van der Waals surface area (Å²) in [5.74, 6) is 0.884. The number of rotatable bonds is 0. The summed E-state index contributed by atoms with van der Waals surface area (Å²) in [6.07, 6.45) is 3.45. The number of nitrogens with zero attached hydrogens (tertiary/aromatic N) is 1. The fraction of sp³-hybridized carbons (Fsp3) is 0.667. The molecule has 0 amide bonds. The van der Waals surface area contributed by atoms with Crippen LogP contribution in [0.15, 0.2) is 10.8 Å². The predicted molar refractivity (Wildman–Crippen MR) is 45.5 cm³/mol. The molecule has 66 valence electrons. The molecule has 0 aromatic carbocycles. The number of nitrogens with two attached hydrogens (primary N) is 1. The Morgan fingerprint density at radius 3 is 3.17 bits per heavy atom. The number of fused-ring (bicyclic) bond motifs is 1. The summed E-state index contributed by atoms with van der Waals surface area (Å²) < 4.78 is 5.23. The zero-order valence-electron chi connectivity index (χ0n) is 7.50. The van der Waals surface area contributed by atoms with Crippen molar-refractivity contribution in [2.24, 2.45) is 11.1 Å². The van der Waals surface area contributed by atoms with Crippen molar-refractivity contribution in [3.8, 4) is 0 Å². The first-order chi connectivity index (χ1) is 5.58. The fourth-order valence-corrected chi connectivity index (χ4v) is 1.93. The van der Waals surface area contributed by atoms with Crippen molar-refractivity contribution in [1.82, 2.24) is 4.98 Å². The van der Waals surface area contributed by atoms with Gasteiger partial charge < -0.3 is 10.2 Å². The van der Waals surface area contributed by atoms with E-state index in [1.54, 1.807) is 0 Å². The van der Waals surface area contributed by atoms with Crippen LogP contribution in [-0.2, 0) is 6.42 Å². The van der Waals surface area contributed by atoms with E-state index in [0.717, 1.165) is 24.3 Å². The first-order valence-corrected chi connectivity index (χ1v) is 4.26. The van der Waals surface area contributed by atoms with Crippen LogP contribution in [-0.4, -0.2) is 4.98 Å². The van der Waals surface area contributed by atoms with Gasteiger partial charge in [-0.25, -0.2) is 4.98 Å². The third-order valence-electron chi connectivity index (χ3n) is 2.43. The summed E-state index contributed by atoms with van der Waals surface area (Å²) in [7, 11) is 0. The molecule has 2 rings (SSSR count). The molecular formula is C9H14N2O. The molecular weight excluding hydrogens is 152 g/mol. The van der Waals surface area contributed by atoms with Gasteiger partial charge in [-0.15, -0.1) is 0 Å². The van der Waals surface area contributed by atoms with E-state index in [9.17, 15) is 0 Å². The first kappa shape index (κ1) is 7.80. The standard InChI is InChI=1S/C9H14N2O/c1-9(2)3-6(10)8-7(4-9)11-5-12-8/h5-6H,3-4,10H2,1-2H3. The maximum Gasteiger partial charge on any atom is 0.181 e. The molecule has 0 fully saturated rings. The Bertz CT molecular complexity index is 290. The quantitative estimate of drug-likeness (QED) is 0.637. The number of hydrogen-bond acceptors (Lipinski definition) is 3. The SMILES string of the molecule is CC1(C)Cc2ncoc2C(N)C1. The molecule has 3 heteroatoms. The third-order valence-corrected chi connectivity index (χ3v) is 2.43. The van der Waals surface area contributed by atoms with Gasteiger partial charge in [0, 0.05) is 0 Å². The van der Waals surface area contributed by atoms with Crippen molar-refractivity contribution < 1.29 is 4.42 Å². The lowest BCUT2D eigenvalue weighted by Crippen LogP contribution is -2.29. The van der Waals surface area contributed by atoms with Crippen molar-refractivity contribution in [2.75, 3.05) is 0 Å². The normalized spacial score (nSPS) is 26.8. The molecule has 1 heterocycles. The Morgan fingerprint density at radius 2 is 2.42 bits per heavy atom. The summed E-state index contributed by atoms with van der Waals surface area (Å²) in [5, 5.41) is 0. The maximum absolute atomic E-state index is 5.93. The van der Waals surface area contributed by atoms with Gasteiger partial charge in [0.2, 0.25) is 0 Å². The number of aromatic nitrogens is 1. The van der Waals surface area contributed by atoms with Crippen LogP contribution in [0.1, 0.15) is 37.8 Å². The summed E-state index contributed by atoms with van der Waals surface area (Å²) in [4.78, 5) is 4.16. The second kappa shape index (κ2) is 2.33. The van der Waals surface area contributed by atoms with Crippen LogP contribution >= 0.6 is 0 Å². The monoisotopic (exact) mass is 166 g/mol. The van der Waals surface area contributed by atoms with Crippen molar-refractivity contribution in [3.05, 3.63) is 17.8 Å². The molecule has 0 bridgehead atoms. The van der Waals surface area contributed by atoms with Crippen molar-refractivity contribution >= 4 is 0 Å². The van der Waals surface area contributed by atoms with Crippen LogP contribution < -0.4 is 5.73 Å². The van der Waals surface area contributed by atoms with E-state index in [-0.39, 0.29) is 11.5 Å². The summed E-state index contributed by atoms with van der Waals surface area (Å²) in [6.45, 7) is 4.43. The Morgan fingerprint density at radius 1 is 1.67 bits per heavy atom. The number of oxazole rings is 1. The minimum atomic E-state index is 0.0336. The molecule has 1 unspecified atom stereocenters. The lowest BCUT2D eigenvalue weighted by atomic mass is 9.76. The van der Waals surface area contributed by atoms with E-state index in [4.69, 9.17) is 10.2 Å².